The van der Waals surface area contributed by atoms with Crippen LogP contribution in [0.5, 0.6) is 23.0 Å². The third-order valence-corrected chi connectivity index (χ3v) is 4.21. The van der Waals surface area contributed by atoms with E-state index < -0.39 is 30.0 Å². The summed E-state index contributed by atoms with van der Waals surface area (Å²) < 4.78 is 60.7. The standard InChI is InChI=1S/C21H22F3NO7/c1-12(26)32-14-8-6-7-13(9-14)20(27)25(31-5)16-10-17(28-2)19(30-4)18(29-3)15(16)11-21(22,23)24/h6-10H,11H2,1-5H3. The Morgan fingerprint density at radius 2 is 1.62 bits per heavy atom. The number of alkyl halides is 3. The summed E-state index contributed by atoms with van der Waals surface area (Å²) in [5, 5.41) is 0.665. The van der Waals surface area contributed by atoms with E-state index in [1.165, 1.54) is 58.6 Å². The van der Waals surface area contributed by atoms with Gasteiger partial charge in [0.25, 0.3) is 5.91 Å². The number of halogens is 3. The Bertz CT molecular complexity index is 992. The van der Waals surface area contributed by atoms with E-state index in [1.54, 1.807) is 0 Å². The Morgan fingerprint density at radius 3 is 2.12 bits per heavy atom. The average molecular weight is 457 g/mol. The second kappa shape index (κ2) is 10.2. The number of hydrogen-bond donors (Lipinski definition) is 0. The molecule has 0 fully saturated rings. The number of hydroxylamine groups is 1. The van der Waals surface area contributed by atoms with E-state index in [4.69, 9.17) is 23.8 Å². The van der Waals surface area contributed by atoms with Gasteiger partial charge in [-0.15, -0.1) is 0 Å². The molecule has 0 N–H and O–H groups in total. The van der Waals surface area contributed by atoms with Gasteiger partial charge in [-0.05, 0) is 18.2 Å². The smallest absolute Gasteiger partial charge is 0.393 e. The van der Waals surface area contributed by atoms with E-state index in [0.29, 0.717) is 5.06 Å². The van der Waals surface area contributed by atoms with Gasteiger partial charge in [0, 0.05) is 24.1 Å². The first-order valence-electron chi connectivity index (χ1n) is 9.11. The van der Waals surface area contributed by atoms with Crippen molar-refractivity contribution in [3.05, 3.63) is 41.5 Å². The van der Waals surface area contributed by atoms with Crippen LogP contribution in [0.2, 0.25) is 0 Å². The third kappa shape index (κ3) is 5.61. The lowest BCUT2D eigenvalue weighted by atomic mass is 10.0. The molecule has 0 atom stereocenters. The minimum absolute atomic E-state index is 0.00249. The van der Waals surface area contributed by atoms with Gasteiger partial charge in [0.2, 0.25) is 5.75 Å². The van der Waals surface area contributed by atoms with Crippen LogP contribution in [0, 0.1) is 0 Å². The summed E-state index contributed by atoms with van der Waals surface area (Å²) in [5.74, 6) is -1.65. The minimum Gasteiger partial charge on any atom is -0.493 e. The maximum Gasteiger partial charge on any atom is 0.393 e. The molecular formula is C21H22F3NO7. The molecule has 1 amide bonds. The van der Waals surface area contributed by atoms with Gasteiger partial charge in [0.1, 0.15) is 5.75 Å². The van der Waals surface area contributed by atoms with Gasteiger partial charge in [-0.3, -0.25) is 14.4 Å². The van der Waals surface area contributed by atoms with Crippen molar-refractivity contribution in [2.45, 2.75) is 19.5 Å². The van der Waals surface area contributed by atoms with E-state index in [2.05, 4.69) is 0 Å². The molecule has 174 valence electrons. The lowest BCUT2D eigenvalue weighted by Gasteiger charge is -2.26. The largest absolute Gasteiger partial charge is 0.493 e. The van der Waals surface area contributed by atoms with Gasteiger partial charge in [-0.2, -0.15) is 18.2 Å². The van der Waals surface area contributed by atoms with Gasteiger partial charge in [0.05, 0.1) is 40.5 Å². The van der Waals surface area contributed by atoms with Gasteiger partial charge < -0.3 is 18.9 Å². The summed E-state index contributed by atoms with van der Waals surface area (Å²) in [4.78, 5) is 29.5. The van der Waals surface area contributed by atoms with Gasteiger partial charge in [-0.1, -0.05) is 6.07 Å². The molecule has 0 aliphatic carbocycles. The lowest BCUT2D eigenvalue weighted by molar-refractivity contribution is -0.132. The number of rotatable bonds is 8. The lowest BCUT2D eigenvalue weighted by Crippen LogP contribution is -2.31. The first kappa shape index (κ1) is 24.8. The summed E-state index contributed by atoms with van der Waals surface area (Å²) >= 11 is 0. The summed E-state index contributed by atoms with van der Waals surface area (Å²) in [6.07, 6.45) is -6.08. The quantitative estimate of drug-likeness (QED) is 0.337. The van der Waals surface area contributed by atoms with E-state index in [0.717, 1.165) is 7.11 Å². The van der Waals surface area contributed by atoms with Crippen molar-refractivity contribution in [1.82, 2.24) is 0 Å². The van der Waals surface area contributed by atoms with E-state index in [1.807, 2.05) is 0 Å². The molecule has 2 rings (SSSR count). The molecule has 0 heterocycles. The molecule has 0 saturated heterocycles. The van der Waals surface area contributed by atoms with Crippen molar-refractivity contribution in [2.24, 2.45) is 0 Å². The van der Waals surface area contributed by atoms with E-state index in [9.17, 15) is 22.8 Å². The predicted molar refractivity (Wildman–Crippen MR) is 107 cm³/mol. The molecule has 0 aromatic heterocycles. The predicted octanol–water partition coefficient (Wildman–Crippen LogP) is 3.95. The van der Waals surface area contributed by atoms with E-state index in [-0.39, 0.29) is 34.2 Å². The second-order valence-corrected chi connectivity index (χ2v) is 6.34. The third-order valence-electron chi connectivity index (χ3n) is 4.21. The fourth-order valence-corrected chi connectivity index (χ4v) is 3.02. The van der Waals surface area contributed by atoms with Crippen molar-refractivity contribution in [2.75, 3.05) is 33.5 Å². The molecule has 0 saturated carbocycles. The maximum atomic E-state index is 13.4. The molecule has 2 aromatic carbocycles. The van der Waals surface area contributed by atoms with Crippen LogP contribution in [0.1, 0.15) is 22.8 Å². The molecule has 0 bridgehead atoms. The summed E-state index contributed by atoms with van der Waals surface area (Å²) in [6, 6.07) is 6.73. The van der Waals surface area contributed by atoms with Crippen LogP contribution >= 0.6 is 0 Å². The molecule has 0 aliphatic heterocycles. The van der Waals surface area contributed by atoms with E-state index >= 15 is 0 Å². The zero-order chi connectivity index (χ0) is 24.1. The summed E-state index contributed by atoms with van der Waals surface area (Å²) in [5.41, 5.74) is -0.663. The van der Waals surface area contributed by atoms with Gasteiger partial charge in [0.15, 0.2) is 11.5 Å². The number of hydrogen-bond acceptors (Lipinski definition) is 7. The normalized spacial score (nSPS) is 11.0. The number of methoxy groups -OCH3 is 3. The number of anilines is 1. The Balaban J connectivity index is 2.68. The Morgan fingerprint density at radius 1 is 0.969 bits per heavy atom. The monoisotopic (exact) mass is 457 g/mol. The minimum atomic E-state index is -4.64. The molecule has 2 aromatic rings. The van der Waals surface area contributed by atoms with Gasteiger partial charge in [-0.25, -0.2) is 0 Å². The highest BCUT2D eigenvalue weighted by Crippen LogP contribution is 2.47. The zero-order valence-electron chi connectivity index (χ0n) is 18.0. The molecule has 0 aliphatic rings. The molecule has 32 heavy (non-hydrogen) atoms. The number of carbonyl (C=O) groups excluding carboxylic acids is 2. The summed E-state index contributed by atoms with van der Waals surface area (Å²) in [6.45, 7) is 1.19. The molecule has 0 unspecified atom stereocenters. The number of nitrogens with zero attached hydrogens (tertiary/aromatic N) is 1. The second-order valence-electron chi connectivity index (χ2n) is 6.34. The molecule has 0 radical (unpaired) electrons. The molecule has 8 nitrogen and oxygen atoms in total. The highest BCUT2D eigenvalue weighted by Gasteiger charge is 2.36. The Labute approximate surface area is 182 Å². The maximum absolute atomic E-state index is 13.4. The zero-order valence-corrected chi connectivity index (χ0v) is 18.0. The molecule has 11 heteroatoms. The fraction of sp³-hybridized carbons (Fsp3) is 0.333. The number of amides is 1. The summed E-state index contributed by atoms with van der Waals surface area (Å²) in [7, 11) is 4.82. The van der Waals surface area contributed by atoms with Crippen molar-refractivity contribution < 1.29 is 46.5 Å². The number of esters is 1. The first-order chi connectivity index (χ1) is 15.1. The first-order valence-corrected chi connectivity index (χ1v) is 9.11. The van der Waals surface area contributed by atoms with Crippen LogP contribution < -0.4 is 24.0 Å². The van der Waals surface area contributed by atoms with Crippen LogP contribution in [0.25, 0.3) is 0 Å². The van der Waals surface area contributed by atoms with Crippen LogP contribution in [-0.4, -0.2) is 46.5 Å². The van der Waals surface area contributed by atoms with Crippen LogP contribution in [0.4, 0.5) is 18.9 Å². The van der Waals surface area contributed by atoms with Crippen molar-refractivity contribution in [1.29, 1.82) is 0 Å². The molecular weight excluding hydrogens is 435 g/mol. The van der Waals surface area contributed by atoms with Crippen LogP contribution in [-0.2, 0) is 16.1 Å². The SMILES string of the molecule is COc1cc(N(OC)C(=O)c2cccc(OC(C)=O)c2)c(CC(F)(F)F)c(OC)c1OC. The number of benzene rings is 2. The van der Waals surface area contributed by atoms with Crippen molar-refractivity contribution in [3.63, 3.8) is 0 Å². The number of ether oxygens (including phenoxy) is 4. The number of carbonyl (C=O) groups is 2. The van der Waals surface area contributed by atoms with Gasteiger partial charge >= 0.3 is 12.1 Å². The Kier molecular flexibility index (Phi) is 7.92. The highest BCUT2D eigenvalue weighted by atomic mass is 19.4. The Hall–Kier alpha value is -3.47. The van der Waals surface area contributed by atoms with Crippen LogP contribution in [0.3, 0.4) is 0 Å². The van der Waals surface area contributed by atoms with Crippen LogP contribution in [0.15, 0.2) is 30.3 Å². The fourth-order valence-electron chi connectivity index (χ4n) is 3.02. The van der Waals surface area contributed by atoms with Crippen molar-refractivity contribution >= 4 is 17.6 Å². The molecule has 0 spiro atoms. The highest BCUT2D eigenvalue weighted by molar-refractivity contribution is 6.05. The topological polar surface area (TPSA) is 83.5 Å². The van der Waals surface area contributed by atoms with Crippen molar-refractivity contribution in [3.8, 4) is 23.0 Å². The average Bonchev–Trinajstić information content (AvgIpc) is 2.73.